The molecular formula is C120H120N8O16. The number of carbonyl (C=O) groups is 7. The van der Waals surface area contributed by atoms with Crippen LogP contribution in [0.4, 0.5) is 0 Å². The van der Waals surface area contributed by atoms with E-state index in [1.807, 2.05) is 97.3 Å². The SMILES string of the molecule is COc1cccc(CCc2cnccc2C(=O)O)c1.Cc1ccc(C2CC2)c(CCc2cnccc2C(=O)O)c1.Cc1ccc(CCc2cnccc2C(=O)O)c(C2CC2)c1.Cc1cccc(CCc2cnccc2C(=O)O)c1.Cc1cccc(CCc2cnccc2C(=O)O)c1C1CC1.O=C(O)c1ccncc1CCc1ccccc1Oc1ccccc1.O=C(O)c1ccncc1CCc1cnccc1C1CC1. The number of carboxylic acids is 7. The quantitative estimate of drug-likeness (QED) is 0.0194. The Bertz CT molecular complexity index is 6870. The van der Waals surface area contributed by atoms with Gasteiger partial charge in [-0.15, -0.1) is 0 Å². The maximum Gasteiger partial charge on any atom is 0.336 e. The highest BCUT2D eigenvalue weighted by molar-refractivity contribution is 5.92. The summed E-state index contributed by atoms with van der Waals surface area (Å²) < 4.78 is 11.1. The molecule has 0 saturated heterocycles. The van der Waals surface area contributed by atoms with Crippen molar-refractivity contribution in [3.63, 3.8) is 0 Å². The third-order valence-electron chi connectivity index (χ3n) is 25.8. The van der Waals surface area contributed by atoms with Crippen molar-refractivity contribution >= 4 is 41.8 Å². The van der Waals surface area contributed by atoms with Crippen LogP contribution in [0.5, 0.6) is 17.2 Å². The van der Waals surface area contributed by atoms with Gasteiger partial charge in [0.15, 0.2) is 0 Å². The summed E-state index contributed by atoms with van der Waals surface area (Å²) in [5.74, 6) is -1.06. The Balaban J connectivity index is 0.000000141. The second kappa shape index (κ2) is 52.8. The zero-order valence-electron chi connectivity index (χ0n) is 81.6. The van der Waals surface area contributed by atoms with Crippen LogP contribution in [-0.4, -0.2) is 125 Å². The van der Waals surface area contributed by atoms with Gasteiger partial charge >= 0.3 is 41.8 Å². The van der Waals surface area contributed by atoms with E-state index in [1.165, 1.54) is 179 Å². The lowest BCUT2D eigenvalue weighted by Gasteiger charge is -2.12. The number of para-hydroxylation sites is 2. The van der Waals surface area contributed by atoms with Crippen LogP contribution < -0.4 is 9.47 Å². The average Bonchev–Trinajstić information content (AvgIpc) is 1.65. The van der Waals surface area contributed by atoms with Gasteiger partial charge in [-0.25, -0.2) is 33.6 Å². The van der Waals surface area contributed by atoms with E-state index < -0.39 is 41.8 Å². The van der Waals surface area contributed by atoms with Crippen LogP contribution in [0.2, 0.25) is 0 Å². The predicted octanol–water partition coefficient (Wildman–Crippen LogP) is 23.9. The van der Waals surface area contributed by atoms with Gasteiger partial charge in [-0.3, -0.25) is 39.9 Å². The number of nitrogens with zero attached hydrogens (tertiary/aromatic N) is 8. The van der Waals surface area contributed by atoms with Crippen LogP contribution in [0.3, 0.4) is 0 Å². The molecule has 7 N–H and O–H groups in total. The standard InChI is InChI=1S/C20H17NO3.3C18H19NO2.C16H16N2O2.C15H15NO3.C15H15NO2/c22-20(23)18-12-13-21-14-16(18)11-10-15-6-4-5-9-19(15)24-17-7-2-1-3-8-17;1-12-2-7-16(13-3-4-13)14(10-12)5-6-15-11-19-9-8-17(15)18(20)21;1-12-2-3-13(17(10-12)14-4-5-14)6-7-15-11-19-9-8-16(15)18(20)21;1-12-3-2-4-13(17(12)14-5-6-14)7-8-15-11-19-10-9-16(15)18(20)21;19-16(20)15-6-8-18-10-13(15)4-3-12-9-17-7-5-14(12)11-1-2-11;1-19-13-4-2-3-11(9-13)5-6-12-10-16-8-7-14(12)15(17)18;1-11-3-2-4-12(9-11)5-6-13-10-16-8-7-14(13)15(17)18/h1-9,12-14H,10-11H2,(H,22,23);2,7-11,13H,3-6H2,1H3,(H,20,21);2-3,8-11,14H,4-7H2,1H3,(H,20,21);2-4,9-11,14H,5-8H2,1H3,(H,20,21);5-11H,1-4H2,(H,19,20);2-4,7-10H,5-6H2,1H3,(H,17,18);2-4,7-10H,5-6H2,1H3,(H,17,18). The first kappa shape index (κ1) is 105. The molecule has 15 aromatic rings. The summed E-state index contributed by atoms with van der Waals surface area (Å²) in [5, 5.41) is 64.3. The molecule has 8 heterocycles. The van der Waals surface area contributed by atoms with Gasteiger partial charge in [0.25, 0.3) is 0 Å². The molecular weight excluding hydrogens is 1810 g/mol. The normalized spacial score (nSPS) is 12.5. The fraction of sp³-hybridized carbons (Fsp3) is 0.258. The lowest BCUT2D eigenvalue weighted by atomic mass is 9.93. The summed E-state index contributed by atoms with van der Waals surface area (Å²) in [4.78, 5) is 111. The molecule has 0 atom stereocenters. The van der Waals surface area contributed by atoms with Crippen molar-refractivity contribution in [3.05, 3.63) is 467 Å². The molecule has 24 nitrogen and oxygen atoms in total. The second-order valence-electron chi connectivity index (χ2n) is 36.5. The van der Waals surface area contributed by atoms with Crippen molar-refractivity contribution in [2.45, 2.75) is 193 Å². The number of aryl methyl sites for hydroxylation is 18. The van der Waals surface area contributed by atoms with Crippen molar-refractivity contribution in [1.82, 2.24) is 39.9 Å². The summed E-state index contributed by atoms with van der Waals surface area (Å²) >= 11 is 0. The summed E-state index contributed by atoms with van der Waals surface area (Å²) in [5.41, 5.74) is 27.4. The van der Waals surface area contributed by atoms with Crippen LogP contribution in [-0.2, 0) is 89.9 Å². The van der Waals surface area contributed by atoms with Gasteiger partial charge in [0.2, 0.25) is 0 Å². The van der Waals surface area contributed by atoms with Crippen LogP contribution in [0.1, 0.15) is 270 Å². The van der Waals surface area contributed by atoms with Gasteiger partial charge in [-0.05, 0) is 377 Å². The van der Waals surface area contributed by atoms with Crippen molar-refractivity contribution in [1.29, 1.82) is 0 Å². The monoisotopic (exact) mass is 1930 g/mol. The number of methoxy groups -OCH3 is 1. The molecule has 0 radical (unpaired) electrons. The highest BCUT2D eigenvalue weighted by atomic mass is 16.5. The number of aromatic carboxylic acids is 7. The number of hydrogen-bond donors (Lipinski definition) is 7. The lowest BCUT2D eigenvalue weighted by molar-refractivity contribution is 0.0684. The van der Waals surface area contributed by atoms with E-state index in [1.54, 1.807) is 80.8 Å². The molecule has 4 fully saturated rings. The van der Waals surface area contributed by atoms with E-state index in [0.29, 0.717) is 94.7 Å². The number of rotatable bonds is 35. The van der Waals surface area contributed by atoms with Crippen LogP contribution >= 0.6 is 0 Å². The molecule has 19 rings (SSSR count). The van der Waals surface area contributed by atoms with Crippen molar-refractivity contribution in [3.8, 4) is 17.2 Å². The Hall–Kier alpha value is -16.4. The number of ether oxygens (including phenoxy) is 2. The first-order valence-corrected chi connectivity index (χ1v) is 48.7. The Kier molecular flexibility index (Phi) is 38.5. The molecule has 24 heteroatoms. The van der Waals surface area contributed by atoms with Crippen molar-refractivity contribution in [2.75, 3.05) is 7.11 Å². The number of benzene rings is 7. The minimum absolute atomic E-state index is 0.298. The van der Waals surface area contributed by atoms with Gasteiger partial charge in [0.1, 0.15) is 17.2 Å². The Morgan fingerprint density at radius 2 is 0.562 bits per heavy atom. The third-order valence-corrected chi connectivity index (χ3v) is 25.8. The first-order chi connectivity index (χ1) is 69.8. The first-order valence-electron chi connectivity index (χ1n) is 48.7. The van der Waals surface area contributed by atoms with Crippen LogP contribution in [0.15, 0.2) is 305 Å². The van der Waals surface area contributed by atoms with Gasteiger partial charge in [0.05, 0.1) is 46.1 Å². The maximum absolute atomic E-state index is 11.3. The smallest absolute Gasteiger partial charge is 0.336 e. The Morgan fingerprint density at radius 3 is 0.986 bits per heavy atom. The molecule has 0 spiro atoms. The minimum Gasteiger partial charge on any atom is -0.497 e. The molecule has 8 aromatic heterocycles. The number of aromatic nitrogens is 8. The van der Waals surface area contributed by atoms with Gasteiger partial charge in [-0.2, -0.15) is 0 Å². The summed E-state index contributed by atoms with van der Waals surface area (Å²) in [7, 11) is 1.63. The minimum atomic E-state index is -0.929. The van der Waals surface area contributed by atoms with E-state index in [2.05, 4.69) is 146 Å². The van der Waals surface area contributed by atoms with Gasteiger partial charge in [-0.1, -0.05) is 144 Å². The summed E-state index contributed by atoms with van der Waals surface area (Å²) in [6.45, 7) is 8.45. The molecule has 0 amide bonds. The van der Waals surface area contributed by atoms with Crippen molar-refractivity contribution < 1.29 is 78.8 Å². The van der Waals surface area contributed by atoms with E-state index >= 15 is 0 Å². The topological polar surface area (TPSA) is 383 Å². The Morgan fingerprint density at radius 1 is 0.250 bits per heavy atom. The number of carboxylic acid groups (broad SMARTS) is 7. The highest BCUT2D eigenvalue weighted by Gasteiger charge is 2.31. The molecule has 144 heavy (non-hydrogen) atoms. The number of hydrogen-bond acceptors (Lipinski definition) is 17. The zero-order chi connectivity index (χ0) is 102. The van der Waals surface area contributed by atoms with Crippen molar-refractivity contribution in [2.24, 2.45) is 0 Å². The summed E-state index contributed by atoms with van der Waals surface area (Å²) in [6, 6.07) is 66.1. The molecule has 4 aliphatic rings. The van der Waals surface area contributed by atoms with Crippen LogP contribution in [0.25, 0.3) is 0 Å². The molecule has 7 aromatic carbocycles. The largest absolute Gasteiger partial charge is 0.497 e. The molecule has 0 bridgehead atoms. The van der Waals surface area contributed by atoms with E-state index in [0.717, 1.165) is 125 Å². The van der Waals surface area contributed by atoms with Gasteiger partial charge < -0.3 is 45.2 Å². The summed E-state index contributed by atoms with van der Waals surface area (Å²) in [6.07, 6.45) is 46.6. The molecule has 4 saturated carbocycles. The van der Waals surface area contributed by atoms with Gasteiger partial charge in [0, 0.05) is 99.1 Å². The maximum atomic E-state index is 11.3. The fourth-order valence-electron chi connectivity index (χ4n) is 17.7. The fourth-order valence-corrected chi connectivity index (χ4v) is 17.7. The van der Waals surface area contributed by atoms with E-state index in [4.69, 9.17) is 19.7 Å². The molecule has 736 valence electrons. The molecule has 0 aliphatic heterocycles. The average molecular weight is 1930 g/mol. The molecule has 4 aliphatic carbocycles. The number of pyridine rings is 8. The lowest BCUT2D eigenvalue weighted by Crippen LogP contribution is -2.05. The zero-order valence-corrected chi connectivity index (χ0v) is 81.6. The second-order valence-corrected chi connectivity index (χ2v) is 36.5. The van der Waals surface area contributed by atoms with E-state index in [-0.39, 0.29) is 0 Å². The highest BCUT2D eigenvalue weighted by Crippen LogP contribution is 2.46. The van der Waals surface area contributed by atoms with Crippen LogP contribution in [0, 0.1) is 27.7 Å². The third kappa shape index (κ3) is 31.8. The molecule has 0 unspecified atom stereocenters. The Labute approximate surface area is 839 Å². The predicted molar refractivity (Wildman–Crippen MR) is 553 cm³/mol. The van der Waals surface area contributed by atoms with E-state index in [9.17, 15) is 59.1 Å².